The van der Waals surface area contributed by atoms with Crippen LogP contribution in [0.15, 0.2) is 64.5 Å². The molecule has 0 bridgehead atoms. The summed E-state index contributed by atoms with van der Waals surface area (Å²) in [4.78, 5) is 13.6. The number of nitrogens with zero attached hydrogens (tertiary/aromatic N) is 2. The van der Waals surface area contributed by atoms with Gasteiger partial charge in [-0.25, -0.2) is 4.98 Å². The van der Waals surface area contributed by atoms with Crippen molar-refractivity contribution in [2.75, 3.05) is 20.1 Å². The number of rotatable bonds is 8. The number of guanidine groups is 1. The molecule has 0 spiro atoms. The molecule has 3 N–H and O–H groups in total. The molecule has 27 heavy (non-hydrogen) atoms. The highest BCUT2D eigenvalue weighted by atomic mass is 32.2. The molecule has 1 unspecified atom stereocenters. The fourth-order valence-corrected chi connectivity index (χ4v) is 3.77. The van der Waals surface area contributed by atoms with Gasteiger partial charge in [0, 0.05) is 36.7 Å². The minimum atomic E-state index is 0.460. The minimum Gasteiger partial charge on any atom is -0.356 e. The second kappa shape index (κ2) is 10.0. The van der Waals surface area contributed by atoms with E-state index in [1.807, 2.05) is 43.1 Å². The normalized spacial score (nSPS) is 12.9. The van der Waals surface area contributed by atoms with Crippen molar-refractivity contribution in [2.24, 2.45) is 4.99 Å². The maximum atomic E-state index is 4.62. The van der Waals surface area contributed by atoms with Crippen molar-refractivity contribution >= 4 is 28.8 Å². The zero-order valence-corrected chi connectivity index (χ0v) is 16.7. The van der Waals surface area contributed by atoms with Gasteiger partial charge in [-0.15, -0.1) is 11.8 Å². The summed E-state index contributed by atoms with van der Waals surface area (Å²) in [6.07, 6.45) is 1.91. The van der Waals surface area contributed by atoms with Crippen LogP contribution in [0.4, 0.5) is 0 Å². The molecule has 0 radical (unpaired) electrons. The molecule has 1 heterocycles. The van der Waals surface area contributed by atoms with Crippen LogP contribution in [0.1, 0.15) is 19.2 Å². The second-order valence-corrected chi connectivity index (χ2v) is 7.94. The molecule has 2 aromatic carbocycles. The zero-order chi connectivity index (χ0) is 18.9. The Labute approximate surface area is 165 Å². The first-order valence-corrected chi connectivity index (χ1v) is 10.2. The number of fused-ring (bicyclic) bond motifs is 1. The minimum absolute atomic E-state index is 0.460. The number of hydrogen-bond acceptors (Lipinski definition) is 3. The maximum Gasteiger partial charge on any atom is 0.191 e. The van der Waals surface area contributed by atoms with Crippen LogP contribution >= 0.6 is 11.8 Å². The lowest BCUT2D eigenvalue weighted by molar-refractivity contribution is 0.723. The van der Waals surface area contributed by atoms with Gasteiger partial charge in [-0.1, -0.05) is 37.3 Å². The van der Waals surface area contributed by atoms with Gasteiger partial charge in [0.25, 0.3) is 0 Å². The van der Waals surface area contributed by atoms with Crippen LogP contribution < -0.4 is 10.6 Å². The Bertz CT molecular complexity index is 826. The molecule has 0 amide bonds. The first-order chi connectivity index (χ1) is 13.2. The molecule has 3 aromatic rings. The van der Waals surface area contributed by atoms with Crippen molar-refractivity contribution in [1.29, 1.82) is 0 Å². The monoisotopic (exact) mass is 381 g/mol. The van der Waals surface area contributed by atoms with Crippen molar-refractivity contribution in [3.05, 3.63) is 60.4 Å². The lowest BCUT2D eigenvalue weighted by Crippen LogP contribution is -2.40. The van der Waals surface area contributed by atoms with Gasteiger partial charge >= 0.3 is 0 Å². The highest BCUT2D eigenvalue weighted by molar-refractivity contribution is 8.00. The number of aromatic amines is 1. The standard InChI is InChI=1S/C21H27N5S/c1-16(27-17-9-4-3-5-10-17)15-24-21(22-2)23-14-8-13-20-25-18-11-6-7-12-19(18)26-20/h3-7,9-12,16H,8,13-15H2,1-2H3,(H,25,26)(H2,22,23,24). The van der Waals surface area contributed by atoms with E-state index in [0.717, 1.165) is 48.7 Å². The van der Waals surface area contributed by atoms with Crippen molar-refractivity contribution in [1.82, 2.24) is 20.6 Å². The Balaban J connectivity index is 1.36. The Morgan fingerprint density at radius 3 is 2.67 bits per heavy atom. The van der Waals surface area contributed by atoms with E-state index < -0.39 is 0 Å². The van der Waals surface area contributed by atoms with Crippen LogP contribution in [0.25, 0.3) is 11.0 Å². The van der Waals surface area contributed by atoms with E-state index in [2.05, 4.69) is 62.8 Å². The van der Waals surface area contributed by atoms with E-state index in [0.29, 0.717) is 5.25 Å². The van der Waals surface area contributed by atoms with Gasteiger partial charge < -0.3 is 15.6 Å². The molecule has 0 aliphatic rings. The number of imidazole rings is 1. The van der Waals surface area contributed by atoms with E-state index in [1.54, 1.807) is 0 Å². The molecule has 0 saturated heterocycles. The molecule has 0 fully saturated rings. The van der Waals surface area contributed by atoms with E-state index in [1.165, 1.54) is 4.90 Å². The summed E-state index contributed by atoms with van der Waals surface area (Å²) >= 11 is 1.87. The van der Waals surface area contributed by atoms with Crippen molar-refractivity contribution in [2.45, 2.75) is 29.9 Å². The Morgan fingerprint density at radius 2 is 1.89 bits per heavy atom. The van der Waals surface area contributed by atoms with Gasteiger partial charge in [0.15, 0.2) is 5.96 Å². The summed E-state index contributed by atoms with van der Waals surface area (Å²) in [6, 6.07) is 18.6. The molecule has 0 aliphatic heterocycles. The van der Waals surface area contributed by atoms with Gasteiger partial charge in [0.1, 0.15) is 5.82 Å². The number of nitrogens with one attached hydrogen (secondary N) is 3. The number of hydrogen-bond donors (Lipinski definition) is 3. The van der Waals surface area contributed by atoms with Crippen molar-refractivity contribution in [3.8, 4) is 0 Å². The predicted molar refractivity (Wildman–Crippen MR) is 116 cm³/mol. The number of H-pyrrole nitrogens is 1. The quantitative estimate of drug-likeness (QED) is 0.240. The molecule has 0 aliphatic carbocycles. The third kappa shape index (κ3) is 6.03. The number of aliphatic imine (C=N–C) groups is 1. The molecule has 5 nitrogen and oxygen atoms in total. The van der Waals surface area contributed by atoms with Crippen LogP contribution in [0.5, 0.6) is 0 Å². The van der Waals surface area contributed by atoms with Gasteiger partial charge in [-0.05, 0) is 30.7 Å². The summed E-state index contributed by atoms with van der Waals surface area (Å²) in [5.41, 5.74) is 2.13. The fraction of sp³-hybridized carbons (Fsp3) is 0.333. The van der Waals surface area contributed by atoms with Gasteiger partial charge in [0.2, 0.25) is 0 Å². The highest BCUT2D eigenvalue weighted by Gasteiger charge is 2.06. The van der Waals surface area contributed by atoms with Crippen LogP contribution in [-0.4, -0.2) is 41.3 Å². The second-order valence-electron chi connectivity index (χ2n) is 6.43. The molecular weight excluding hydrogens is 354 g/mol. The van der Waals surface area contributed by atoms with Gasteiger partial charge in [-0.3, -0.25) is 4.99 Å². The number of benzene rings is 2. The number of para-hydroxylation sites is 2. The van der Waals surface area contributed by atoms with E-state index in [9.17, 15) is 0 Å². The summed E-state index contributed by atoms with van der Waals surface area (Å²) in [7, 11) is 1.81. The number of aromatic nitrogens is 2. The zero-order valence-electron chi connectivity index (χ0n) is 15.9. The Morgan fingerprint density at radius 1 is 1.11 bits per heavy atom. The number of thioether (sulfide) groups is 1. The summed E-state index contributed by atoms with van der Waals surface area (Å²) in [6.45, 7) is 3.94. The van der Waals surface area contributed by atoms with Crippen LogP contribution in [0, 0.1) is 0 Å². The topological polar surface area (TPSA) is 65.1 Å². The van der Waals surface area contributed by atoms with E-state index in [4.69, 9.17) is 0 Å². The third-order valence-corrected chi connectivity index (χ3v) is 5.30. The Hall–Kier alpha value is -2.47. The largest absolute Gasteiger partial charge is 0.356 e. The van der Waals surface area contributed by atoms with Crippen LogP contribution in [0.3, 0.4) is 0 Å². The third-order valence-electron chi connectivity index (χ3n) is 4.18. The van der Waals surface area contributed by atoms with Gasteiger partial charge in [-0.2, -0.15) is 0 Å². The highest BCUT2D eigenvalue weighted by Crippen LogP contribution is 2.21. The molecular formula is C21H27N5S. The average molecular weight is 382 g/mol. The predicted octanol–water partition coefficient (Wildman–Crippen LogP) is 3.84. The molecule has 142 valence electrons. The Kier molecular flexibility index (Phi) is 7.16. The smallest absolute Gasteiger partial charge is 0.191 e. The first-order valence-electron chi connectivity index (χ1n) is 9.34. The van der Waals surface area contributed by atoms with Crippen molar-refractivity contribution in [3.63, 3.8) is 0 Å². The molecule has 3 rings (SSSR count). The van der Waals surface area contributed by atoms with E-state index in [-0.39, 0.29) is 0 Å². The molecule has 0 saturated carbocycles. The first kappa shape index (κ1) is 19.3. The van der Waals surface area contributed by atoms with Crippen LogP contribution in [0.2, 0.25) is 0 Å². The average Bonchev–Trinajstić information content (AvgIpc) is 3.11. The molecule has 6 heteroatoms. The van der Waals surface area contributed by atoms with Crippen molar-refractivity contribution < 1.29 is 0 Å². The molecule has 1 aromatic heterocycles. The lowest BCUT2D eigenvalue weighted by atomic mass is 10.3. The summed E-state index contributed by atoms with van der Waals surface area (Å²) in [5.74, 6) is 1.88. The van der Waals surface area contributed by atoms with E-state index >= 15 is 0 Å². The number of aryl methyl sites for hydroxylation is 1. The SMILES string of the molecule is CN=C(NCCCc1nc2ccccc2[nH]1)NCC(C)Sc1ccccc1. The summed E-state index contributed by atoms with van der Waals surface area (Å²) in [5, 5.41) is 7.24. The molecule has 1 atom stereocenters. The summed E-state index contributed by atoms with van der Waals surface area (Å²) < 4.78 is 0. The lowest BCUT2D eigenvalue weighted by Gasteiger charge is -2.15. The van der Waals surface area contributed by atoms with Gasteiger partial charge in [0.05, 0.1) is 11.0 Å². The van der Waals surface area contributed by atoms with Crippen LogP contribution in [-0.2, 0) is 6.42 Å². The maximum absolute atomic E-state index is 4.62. The fourth-order valence-electron chi connectivity index (χ4n) is 2.82.